The van der Waals surface area contributed by atoms with Gasteiger partial charge >= 0.3 is 0 Å². The number of carbonyl (C=O) groups is 1. The predicted molar refractivity (Wildman–Crippen MR) is 110 cm³/mol. The first-order valence-corrected chi connectivity index (χ1v) is 9.71. The lowest BCUT2D eigenvalue weighted by atomic mass is 10.1. The molecular weight excluding hydrogens is 398 g/mol. The maximum Gasteiger partial charge on any atom is 0.265 e. The van der Waals surface area contributed by atoms with E-state index in [1.165, 1.54) is 11.3 Å². The number of rotatable bonds is 3. The van der Waals surface area contributed by atoms with E-state index in [9.17, 15) is 4.79 Å². The third-order valence-electron chi connectivity index (χ3n) is 4.48. The summed E-state index contributed by atoms with van der Waals surface area (Å²) in [5, 5.41) is 9.12. The van der Waals surface area contributed by atoms with E-state index in [0.717, 1.165) is 21.5 Å². The van der Waals surface area contributed by atoms with Crippen LogP contribution in [-0.4, -0.2) is 22.5 Å². The number of hydrogen-bond acceptors (Lipinski definition) is 5. The first-order valence-electron chi connectivity index (χ1n) is 8.52. The maximum atomic E-state index is 12.8. The molecule has 0 spiro atoms. The highest BCUT2D eigenvalue weighted by molar-refractivity contribution is 7.20. The fourth-order valence-corrected chi connectivity index (χ4v) is 4.23. The normalized spacial score (nSPS) is 12.5. The first kappa shape index (κ1) is 17.1. The van der Waals surface area contributed by atoms with Gasteiger partial charge in [-0.2, -0.15) is 5.10 Å². The van der Waals surface area contributed by atoms with Crippen LogP contribution < -0.4 is 14.8 Å². The van der Waals surface area contributed by atoms with Crippen molar-refractivity contribution >= 4 is 44.7 Å². The summed E-state index contributed by atoms with van der Waals surface area (Å²) in [5.74, 6) is 1.13. The average molecular weight is 412 g/mol. The van der Waals surface area contributed by atoms with Crippen molar-refractivity contribution in [3.05, 3.63) is 58.4 Å². The summed E-state index contributed by atoms with van der Waals surface area (Å²) in [6, 6.07) is 14.7. The molecule has 5 rings (SSSR count). The Kier molecular flexibility index (Phi) is 3.99. The Balaban J connectivity index is 1.47. The Bertz CT molecular complexity index is 1210. The van der Waals surface area contributed by atoms with Crippen LogP contribution in [-0.2, 0) is 7.05 Å². The molecule has 0 unspecified atom stereocenters. The number of halogens is 1. The van der Waals surface area contributed by atoms with Gasteiger partial charge in [0.2, 0.25) is 6.79 Å². The number of aryl methyl sites for hydroxylation is 1. The summed E-state index contributed by atoms with van der Waals surface area (Å²) in [5.41, 5.74) is 2.44. The van der Waals surface area contributed by atoms with Crippen molar-refractivity contribution in [3.8, 4) is 22.8 Å². The van der Waals surface area contributed by atoms with Gasteiger partial charge in [0.05, 0.1) is 4.88 Å². The van der Waals surface area contributed by atoms with Crippen molar-refractivity contribution in [3.63, 3.8) is 0 Å². The molecule has 6 nitrogen and oxygen atoms in total. The van der Waals surface area contributed by atoms with Gasteiger partial charge in [-0.15, -0.1) is 11.3 Å². The van der Waals surface area contributed by atoms with Gasteiger partial charge in [0.15, 0.2) is 11.5 Å². The van der Waals surface area contributed by atoms with E-state index in [4.69, 9.17) is 21.1 Å². The van der Waals surface area contributed by atoms with Gasteiger partial charge in [0, 0.05) is 34.8 Å². The summed E-state index contributed by atoms with van der Waals surface area (Å²) in [6.45, 7) is 0.198. The van der Waals surface area contributed by atoms with Gasteiger partial charge in [-0.25, -0.2) is 0 Å². The standard InChI is InChI=1S/C20H14ClN3O3S/c1-24-20-14(18(23-24)11-2-4-12(21)5-3-11)9-17(28-20)19(25)22-13-6-7-15-16(8-13)27-10-26-15/h2-9H,10H2,1H3,(H,22,25). The van der Waals surface area contributed by atoms with Crippen molar-refractivity contribution < 1.29 is 14.3 Å². The lowest BCUT2D eigenvalue weighted by Gasteiger charge is -2.04. The van der Waals surface area contributed by atoms with E-state index in [1.54, 1.807) is 22.9 Å². The molecule has 0 bridgehead atoms. The summed E-state index contributed by atoms with van der Waals surface area (Å²) < 4.78 is 12.4. The molecule has 1 amide bonds. The zero-order chi connectivity index (χ0) is 19.3. The van der Waals surface area contributed by atoms with E-state index in [-0.39, 0.29) is 12.7 Å². The number of aromatic nitrogens is 2. The topological polar surface area (TPSA) is 65.4 Å². The molecule has 4 aromatic rings. The van der Waals surface area contributed by atoms with Crippen LogP contribution >= 0.6 is 22.9 Å². The smallest absolute Gasteiger partial charge is 0.265 e. The maximum absolute atomic E-state index is 12.8. The zero-order valence-electron chi connectivity index (χ0n) is 14.7. The number of anilines is 1. The molecule has 2 aromatic heterocycles. The third-order valence-corrected chi connectivity index (χ3v) is 5.94. The van der Waals surface area contributed by atoms with Crippen molar-refractivity contribution in [2.45, 2.75) is 0 Å². The number of ether oxygens (including phenoxy) is 2. The molecule has 0 atom stereocenters. The van der Waals surface area contributed by atoms with Crippen LogP contribution in [0.15, 0.2) is 48.5 Å². The molecule has 0 fully saturated rings. The van der Waals surface area contributed by atoms with Crippen LogP contribution in [0.2, 0.25) is 5.02 Å². The van der Waals surface area contributed by atoms with Gasteiger partial charge in [-0.05, 0) is 30.3 Å². The summed E-state index contributed by atoms with van der Waals surface area (Å²) >= 11 is 7.39. The molecule has 140 valence electrons. The van der Waals surface area contributed by atoms with Crippen molar-refractivity contribution in [2.24, 2.45) is 7.05 Å². The fourth-order valence-electron chi connectivity index (χ4n) is 3.14. The molecule has 0 aliphatic carbocycles. The summed E-state index contributed by atoms with van der Waals surface area (Å²) in [4.78, 5) is 14.3. The number of nitrogens with one attached hydrogen (secondary N) is 1. The second-order valence-corrected chi connectivity index (χ2v) is 7.80. The van der Waals surface area contributed by atoms with E-state index in [2.05, 4.69) is 10.4 Å². The first-order chi connectivity index (χ1) is 13.6. The SMILES string of the molecule is Cn1nc(-c2ccc(Cl)cc2)c2cc(C(=O)Nc3ccc4c(c3)OCO4)sc21. The van der Waals surface area contributed by atoms with E-state index in [1.807, 2.05) is 37.4 Å². The highest BCUT2D eigenvalue weighted by Gasteiger charge is 2.19. The third kappa shape index (κ3) is 2.89. The average Bonchev–Trinajstić information content (AvgIpc) is 3.39. The number of carbonyl (C=O) groups excluding carboxylic acids is 1. The Morgan fingerprint density at radius 2 is 1.93 bits per heavy atom. The van der Waals surface area contributed by atoms with Crippen LogP contribution in [0.3, 0.4) is 0 Å². The number of amides is 1. The minimum Gasteiger partial charge on any atom is -0.454 e. The number of thiophene rings is 1. The van der Waals surface area contributed by atoms with Gasteiger partial charge in [-0.3, -0.25) is 9.48 Å². The largest absolute Gasteiger partial charge is 0.454 e. The molecule has 2 aromatic carbocycles. The minimum absolute atomic E-state index is 0.179. The van der Waals surface area contributed by atoms with E-state index in [0.29, 0.717) is 27.1 Å². The Hall–Kier alpha value is -3.03. The van der Waals surface area contributed by atoms with Crippen LogP contribution in [0.25, 0.3) is 21.5 Å². The highest BCUT2D eigenvalue weighted by atomic mass is 35.5. The van der Waals surface area contributed by atoms with Crippen LogP contribution in [0.5, 0.6) is 11.5 Å². The summed E-state index contributed by atoms with van der Waals surface area (Å²) in [7, 11) is 1.87. The van der Waals surface area contributed by atoms with Gasteiger partial charge in [0.25, 0.3) is 5.91 Å². The van der Waals surface area contributed by atoms with Gasteiger partial charge in [0.1, 0.15) is 10.5 Å². The Labute approximate surface area is 169 Å². The van der Waals surface area contributed by atoms with Gasteiger partial charge < -0.3 is 14.8 Å². The van der Waals surface area contributed by atoms with Crippen molar-refractivity contribution in [1.82, 2.24) is 9.78 Å². The molecule has 0 radical (unpaired) electrons. The molecule has 0 saturated carbocycles. The second-order valence-electron chi connectivity index (χ2n) is 6.33. The molecule has 1 aliphatic rings. The predicted octanol–water partition coefficient (Wildman–Crippen LogP) is 4.94. The quantitative estimate of drug-likeness (QED) is 0.518. The highest BCUT2D eigenvalue weighted by Crippen LogP contribution is 2.36. The molecular formula is C20H14ClN3O3S. The molecule has 0 saturated heterocycles. The Morgan fingerprint density at radius 3 is 2.75 bits per heavy atom. The molecule has 1 N–H and O–H groups in total. The monoisotopic (exact) mass is 411 g/mol. The van der Waals surface area contributed by atoms with Crippen molar-refractivity contribution in [1.29, 1.82) is 0 Å². The molecule has 28 heavy (non-hydrogen) atoms. The molecule has 8 heteroatoms. The lowest BCUT2D eigenvalue weighted by Crippen LogP contribution is -2.10. The number of hydrogen-bond donors (Lipinski definition) is 1. The van der Waals surface area contributed by atoms with Gasteiger partial charge in [-0.1, -0.05) is 23.7 Å². The van der Waals surface area contributed by atoms with E-state index >= 15 is 0 Å². The zero-order valence-corrected chi connectivity index (χ0v) is 16.3. The molecule has 1 aliphatic heterocycles. The number of benzene rings is 2. The van der Waals surface area contributed by atoms with Crippen LogP contribution in [0.4, 0.5) is 5.69 Å². The fraction of sp³-hybridized carbons (Fsp3) is 0.100. The van der Waals surface area contributed by atoms with Crippen molar-refractivity contribution in [2.75, 3.05) is 12.1 Å². The number of nitrogens with zero attached hydrogens (tertiary/aromatic N) is 2. The minimum atomic E-state index is -0.179. The second kappa shape index (κ2) is 6.54. The van der Waals surface area contributed by atoms with E-state index < -0.39 is 0 Å². The van der Waals surface area contributed by atoms with Crippen LogP contribution in [0, 0.1) is 0 Å². The molecule has 3 heterocycles. The summed E-state index contributed by atoms with van der Waals surface area (Å²) in [6.07, 6.45) is 0. The Morgan fingerprint density at radius 1 is 1.14 bits per heavy atom. The lowest BCUT2D eigenvalue weighted by molar-refractivity contribution is 0.103. The van der Waals surface area contributed by atoms with Crippen LogP contribution in [0.1, 0.15) is 9.67 Å². The number of fused-ring (bicyclic) bond motifs is 2.